The van der Waals surface area contributed by atoms with Crippen molar-refractivity contribution in [1.29, 1.82) is 0 Å². The third-order valence-electron chi connectivity index (χ3n) is 7.26. The van der Waals surface area contributed by atoms with Crippen LogP contribution >= 0.6 is 0 Å². The van der Waals surface area contributed by atoms with Crippen LogP contribution in [0.3, 0.4) is 0 Å². The largest absolute Gasteiger partial charge is 0.488 e. The van der Waals surface area contributed by atoms with Crippen LogP contribution in [-0.4, -0.2) is 74.7 Å². The number of rotatable bonds is 9. The van der Waals surface area contributed by atoms with Crippen LogP contribution in [0.5, 0.6) is 5.75 Å². The first kappa shape index (κ1) is 27.4. The van der Waals surface area contributed by atoms with Gasteiger partial charge in [-0.1, -0.05) is 24.6 Å². The van der Waals surface area contributed by atoms with E-state index in [1.54, 1.807) is 47.4 Å². The molecule has 1 aliphatic carbocycles. The fourth-order valence-corrected chi connectivity index (χ4v) is 5.81. The Hall–Kier alpha value is -2.62. The van der Waals surface area contributed by atoms with Crippen molar-refractivity contribution in [1.82, 2.24) is 9.80 Å². The van der Waals surface area contributed by atoms with Crippen LogP contribution in [-0.2, 0) is 21.2 Å². The van der Waals surface area contributed by atoms with E-state index in [4.69, 9.17) is 4.74 Å². The molecule has 2 aliphatic rings. The van der Waals surface area contributed by atoms with Gasteiger partial charge in [0.25, 0.3) is 10.0 Å². The lowest BCUT2D eigenvalue weighted by atomic mass is 10.0. The van der Waals surface area contributed by atoms with Gasteiger partial charge < -0.3 is 19.6 Å². The van der Waals surface area contributed by atoms with Gasteiger partial charge in [-0.15, -0.1) is 0 Å². The van der Waals surface area contributed by atoms with Crippen molar-refractivity contribution in [3.63, 3.8) is 0 Å². The fourth-order valence-electron chi connectivity index (χ4n) is 4.77. The first-order valence-corrected chi connectivity index (χ1v) is 14.5. The van der Waals surface area contributed by atoms with Crippen LogP contribution in [0.1, 0.15) is 37.8 Å². The minimum absolute atomic E-state index is 0.0327. The zero-order valence-electron chi connectivity index (χ0n) is 22.2. The zero-order valence-corrected chi connectivity index (χ0v) is 23.0. The van der Waals surface area contributed by atoms with Gasteiger partial charge >= 0.3 is 0 Å². The Kier molecular flexibility index (Phi) is 8.46. The highest BCUT2D eigenvalue weighted by atomic mass is 32.2. The van der Waals surface area contributed by atoms with Crippen LogP contribution < -0.4 is 9.46 Å². The Labute approximate surface area is 220 Å². The van der Waals surface area contributed by atoms with E-state index in [1.807, 2.05) is 13.8 Å². The van der Waals surface area contributed by atoms with E-state index >= 15 is 0 Å². The number of aryl methyl sites for hydroxylation is 1. The molecule has 0 spiro atoms. The van der Waals surface area contributed by atoms with Crippen molar-refractivity contribution in [2.24, 2.45) is 11.8 Å². The molecule has 1 aliphatic heterocycles. The van der Waals surface area contributed by atoms with Gasteiger partial charge in [-0.05, 0) is 70.0 Å². The Morgan fingerprint density at radius 3 is 2.51 bits per heavy atom. The first-order valence-electron chi connectivity index (χ1n) is 13.0. The summed E-state index contributed by atoms with van der Waals surface area (Å²) in [5.41, 5.74) is 1.96. The molecule has 0 aromatic heterocycles. The molecule has 0 saturated heterocycles. The molecule has 37 heavy (non-hydrogen) atoms. The number of carbonyl (C=O) groups excluding carboxylic acids is 1. The Bertz CT molecular complexity index is 1200. The number of sulfonamides is 1. The van der Waals surface area contributed by atoms with E-state index in [9.17, 15) is 18.3 Å². The van der Waals surface area contributed by atoms with Gasteiger partial charge in [0.15, 0.2) is 0 Å². The van der Waals surface area contributed by atoms with Gasteiger partial charge in [-0.25, -0.2) is 8.42 Å². The van der Waals surface area contributed by atoms with Crippen LogP contribution in [0.25, 0.3) is 0 Å². The van der Waals surface area contributed by atoms with Gasteiger partial charge in [0.05, 0.1) is 24.0 Å². The molecule has 2 N–H and O–H groups in total. The lowest BCUT2D eigenvalue weighted by molar-refractivity contribution is -0.134. The standard InChI is InChI=1S/C28H39N3O5S/c1-19-5-10-25(11-6-19)37(34,35)29-24-9-12-26-23(13-24)14-28(33)31(21(3)18-32)15-20(2)27(36-26)17-30(4)16-22-7-8-22/h5-6,9-13,20-22,27,29,32H,7-8,14-18H2,1-4H3/t20-,21-,27+/m1/s1. The summed E-state index contributed by atoms with van der Waals surface area (Å²) in [6.07, 6.45) is 2.42. The van der Waals surface area contributed by atoms with Gasteiger partial charge in [0, 0.05) is 36.8 Å². The normalized spacial score (nSPS) is 21.5. The Morgan fingerprint density at radius 2 is 1.86 bits per heavy atom. The number of anilines is 1. The number of aliphatic hydroxyl groups is 1. The molecule has 0 unspecified atom stereocenters. The summed E-state index contributed by atoms with van der Waals surface area (Å²) in [4.78, 5) is 17.6. The maximum Gasteiger partial charge on any atom is 0.261 e. The third kappa shape index (κ3) is 7.03. The van der Waals surface area contributed by atoms with E-state index in [1.165, 1.54) is 12.8 Å². The summed E-state index contributed by atoms with van der Waals surface area (Å²) in [5, 5.41) is 9.82. The molecule has 4 rings (SSSR count). The fraction of sp³-hybridized carbons (Fsp3) is 0.536. The van der Waals surface area contributed by atoms with Crippen molar-refractivity contribution in [3.8, 4) is 5.75 Å². The highest BCUT2D eigenvalue weighted by Gasteiger charge is 2.32. The molecule has 9 heteroatoms. The van der Waals surface area contributed by atoms with E-state index in [0.29, 0.717) is 30.1 Å². The number of nitrogens with one attached hydrogen (secondary N) is 1. The van der Waals surface area contributed by atoms with Crippen molar-refractivity contribution >= 4 is 21.6 Å². The van der Waals surface area contributed by atoms with Crippen molar-refractivity contribution in [3.05, 3.63) is 53.6 Å². The minimum atomic E-state index is -3.79. The monoisotopic (exact) mass is 529 g/mol. The summed E-state index contributed by atoms with van der Waals surface area (Å²) in [7, 11) is -1.69. The topological polar surface area (TPSA) is 99.2 Å². The highest BCUT2D eigenvalue weighted by Crippen LogP contribution is 2.32. The minimum Gasteiger partial charge on any atom is -0.488 e. The molecule has 202 valence electrons. The number of carbonyl (C=O) groups is 1. The van der Waals surface area contributed by atoms with E-state index in [0.717, 1.165) is 18.0 Å². The van der Waals surface area contributed by atoms with Crippen molar-refractivity contribution in [2.45, 2.75) is 57.1 Å². The number of aliphatic hydroxyl groups excluding tert-OH is 1. The lowest BCUT2D eigenvalue weighted by Gasteiger charge is -2.34. The number of nitrogens with zero attached hydrogens (tertiary/aromatic N) is 2. The van der Waals surface area contributed by atoms with E-state index in [2.05, 4.69) is 23.6 Å². The van der Waals surface area contributed by atoms with Crippen molar-refractivity contribution < 1.29 is 23.1 Å². The predicted octanol–water partition coefficient (Wildman–Crippen LogP) is 3.29. The number of hydrogen-bond donors (Lipinski definition) is 2. The van der Waals surface area contributed by atoms with E-state index in [-0.39, 0.29) is 41.9 Å². The second kappa shape index (κ2) is 11.4. The van der Waals surface area contributed by atoms with Crippen LogP contribution in [0.15, 0.2) is 47.4 Å². The van der Waals surface area contributed by atoms with Gasteiger partial charge in [-0.3, -0.25) is 9.52 Å². The summed E-state index contributed by atoms with van der Waals surface area (Å²) in [5.74, 6) is 1.25. The SMILES string of the molecule is Cc1ccc(S(=O)(=O)Nc2ccc3c(c2)CC(=O)N([C@H](C)CO)C[C@@H](C)[C@H](CN(C)CC2CC2)O3)cc1. The molecule has 0 bridgehead atoms. The molecule has 1 saturated carbocycles. The Morgan fingerprint density at radius 1 is 1.16 bits per heavy atom. The number of likely N-dealkylation sites (N-methyl/N-ethyl adjacent to an activating group) is 1. The molecule has 1 heterocycles. The zero-order chi connectivity index (χ0) is 26.7. The molecule has 1 amide bonds. The van der Waals surface area contributed by atoms with Gasteiger partial charge in [-0.2, -0.15) is 0 Å². The first-order chi connectivity index (χ1) is 17.6. The average molecular weight is 530 g/mol. The summed E-state index contributed by atoms with van der Waals surface area (Å²) in [6.45, 7) is 7.90. The Balaban J connectivity index is 1.63. The van der Waals surface area contributed by atoms with Gasteiger partial charge in [0.2, 0.25) is 5.91 Å². The summed E-state index contributed by atoms with van der Waals surface area (Å²) >= 11 is 0. The van der Waals surface area contributed by atoms with Crippen LogP contribution in [0.4, 0.5) is 5.69 Å². The summed E-state index contributed by atoms with van der Waals surface area (Å²) < 4.78 is 35.1. The quantitative estimate of drug-likeness (QED) is 0.517. The number of fused-ring (bicyclic) bond motifs is 1. The molecule has 1 fully saturated rings. The maximum absolute atomic E-state index is 13.4. The second-order valence-corrected chi connectivity index (χ2v) is 12.5. The molecule has 2 aromatic rings. The van der Waals surface area contributed by atoms with Crippen LogP contribution in [0.2, 0.25) is 0 Å². The van der Waals surface area contributed by atoms with Gasteiger partial charge in [0.1, 0.15) is 11.9 Å². The smallest absolute Gasteiger partial charge is 0.261 e. The maximum atomic E-state index is 13.4. The lowest BCUT2D eigenvalue weighted by Crippen LogP contribution is -2.47. The third-order valence-corrected chi connectivity index (χ3v) is 8.66. The molecule has 0 radical (unpaired) electrons. The molecular weight excluding hydrogens is 490 g/mol. The van der Waals surface area contributed by atoms with E-state index < -0.39 is 10.0 Å². The number of hydrogen-bond acceptors (Lipinski definition) is 6. The van der Waals surface area contributed by atoms with Crippen molar-refractivity contribution in [2.75, 3.05) is 38.0 Å². The molecule has 3 atom stereocenters. The number of ether oxygens (including phenoxy) is 1. The molecule has 2 aromatic carbocycles. The average Bonchev–Trinajstić information content (AvgIpc) is 3.65. The summed E-state index contributed by atoms with van der Waals surface area (Å²) in [6, 6.07) is 11.4. The molecule has 8 nitrogen and oxygen atoms in total. The predicted molar refractivity (Wildman–Crippen MR) is 144 cm³/mol. The van der Waals surface area contributed by atoms with Crippen LogP contribution in [0, 0.1) is 18.8 Å². The highest BCUT2D eigenvalue weighted by molar-refractivity contribution is 7.92. The number of amides is 1. The molecular formula is C28H39N3O5S. The second-order valence-electron chi connectivity index (χ2n) is 10.8. The number of benzene rings is 2.